The van der Waals surface area contributed by atoms with Gasteiger partial charge in [0.25, 0.3) is 0 Å². The standard InChI is InChI=1S/C13H12O/c1-10-2-4-11(5-3-10)12-6-8-13(14)9-7-12/h2-9,12H,1H3. The van der Waals surface area contributed by atoms with E-state index in [0.29, 0.717) is 0 Å². The monoisotopic (exact) mass is 184 g/mol. The van der Waals surface area contributed by atoms with Gasteiger partial charge in [-0.25, -0.2) is 0 Å². The minimum absolute atomic E-state index is 0.0772. The molecule has 0 bridgehead atoms. The lowest BCUT2D eigenvalue weighted by molar-refractivity contribution is -0.110. The summed E-state index contributed by atoms with van der Waals surface area (Å²) in [6, 6.07) is 8.38. The van der Waals surface area contributed by atoms with E-state index in [1.54, 1.807) is 12.2 Å². The summed E-state index contributed by atoms with van der Waals surface area (Å²) < 4.78 is 0. The Morgan fingerprint density at radius 2 is 1.57 bits per heavy atom. The first-order valence-corrected chi connectivity index (χ1v) is 4.72. The fraction of sp³-hybridized carbons (Fsp3) is 0.154. The van der Waals surface area contributed by atoms with E-state index in [1.807, 2.05) is 12.2 Å². The highest BCUT2D eigenvalue weighted by Gasteiger charge is 2.08. The molecule has 1 heteroatoms. The molecule has 0 spiro atoms. The summed E-state index contributed by atoms with van der Waals surface area (Å²) in [5.41, 5.74) is 2.49. The summed E-state index contributed by atoms with van der Waals surface area (Å²) in [7, 11) is 0. The lowest BCUT2D eigenvalue weighted by atomic mass is 9.94. The molecular weight excluding hydrogens is 172 g/mol. The topological polar surface area (TPSA) is 17.1 Å². The second-order valence-electron chi connectivity index (χ2n) is 3.56. The second kappa shape index (κ2) is 3.62. The van der Waals surface area contributed by atoms with Crippen LogP contribution in [0.4, 0.5) is 0 Å². The highest BCUT2D eigenvalue weighted by molar-refractivity contribution is 6.00. The Labute approximate surface area is 83.8 Å². The Balaban J connectivity index is 2.24. The molecule has 0 saturated heterocycles. The molecule has 1 nitrogen and oxygen atoms in total. The Bertz CT molecular complexity index is 380. The SMILES string of the molecule is Cc1ccc(C2C=CC(=O)C=C2)cc1. The molecule has 0 amide bonds. The molecule has 70 valence electrons. The Hall–Kier alpha value is -1.63. The Morgan fingerprint density at radius 3 is 2.14 bits per heavy atom. The lowest BCUT2D eigenvalue weighted by Crippen LogP contribution is -1.99. The predicted octanol–water partition coefficient (Wildman–Crippen LogP) is 2.77. The number of aryl methyl sites for hydroxylation is 1. The maximum absolute atomic E-state index is 10.9. The van der Waals surface area contributed by atoms with Gasteiger partial charge in [-0.15, -0.1) is 0 Å². The van der Waals surface area contributed by atoms with Crippen LogP contribution >= 0.6 is 0 Å². The minimum Gasteiger partial charge on any atom is -0.290 e. The van der Waals surface area contributed by atoms with Crippen LogP contribution in [0.2, 0.25) is 0 Å². The number of hydrogen-bond acceptors (Lipinski definition) is 1. The predicted molar refractivity (Wildman–Crippen MR) is 57.2 cm³/mol. The van der Waals surface area contributed by atoms with E-state index in [1.165, 1.54) is 11.1 Å². The van der Waals surface area contributed by atoms with Gasteiger partial charge in [0.2, 0.25) is 0 Å². The lowest BCUT2D eigenvalue weighted by Gasteiger charge is -2.10. The van der Waals surface area contributed by atoms with E-state index in [2.05, 4.69) is 31.2 Å². The zero-order chi connectivity index (χ0) is 9.97. The van der Waals surface area contributed by atoms with Crippen molar-refractivity contribution >= 4 is 5.78 Å². The van der Waals surface area contributed by atoms with Crippen molar-refractivity contribution in [3.63, 3.8) is 0 Å². The molecule has 0 aliphatic heterocycles. The summed E-state index contributed by atoms with van der Waals surface area (Å²) in [5.74, 6) is 0.335. The number of carbonyl (C=O) groups excluding carboxylic acids is 1. The molecule has 0 aromatic heterocycles. The molecule has 0 radical (unpaired) electrons. The average molecular weight is 184 g/mol. The largest absolute Gasteiger partial charge is 0.290 e. The van der Waals surface area contributed by atoms with Gasteiger partial charge in [0.15, 0.2) is 5.78 Å². The highest BCUT2D eigenvalue weighted by atomic mass is 16.1. The number of hydrogen-bond donors (Lipinski definition) is 0. The molecule has 0 saturated carbocycles. The van der Waals surface area contributed by atoms with Crippen LogP contribution < -0.4 is 0 Å². The Morgan fingerprint density at radius 1 is 1.00 bits per heavy atom. The van der Waals surface area contributed by atoms with Crippen molar-refractivity contribution in [2.24, 2.45) is 0 Å². The van der Waals surface area contributed by atoms with Gasteiger partial charge in [-0.05, 0) is 24.6 Å². The van der Waals surface area contributed by atoms with Crippen molar-refractivity contribution in [1.29, 1.82) is 0 Å². The fourth-order valence-corrected chi connectivity index (χ4v) is 1.53. The van der Waals surface area contributed by atoms with Crippen molar-refractivity contribution < 1.29 is 4.79 Å². The number of rotatable bonds is 1. The van der Waals surface area contributed by atoms with Crippen LogP contribution in [0.25, 0.3) is 0 Å². The van der Waals surface area contributed by atoms with Gasteiger partial charge in [-0.2, -0.15) is 0 Å². The first kappa shape index (κ1) is 8.95. The van der Waals surface area contributed by atoms with Gasteiger partial charge < -0.3 is 0 Å². The molecule has 0 fully saturated rings. The maximum Gasteiger partial charge on any atom is 0.178 e. The normalized spacial score (nSPS) is 16.2. The van der Waals surface area contributed by atoms with Crippen molar-refractivity contribution in [3.05, 3.63) is 59.7 Å². The van der Waals surface area contributed by atoms with Crippen LogP contribution in [0.5, 0.6) is 0 Å². The van der Waals surface area contributed by atoms with Crippen LogP contribution in [0.1, 0.15) is 17.0 Å². The molecule has 1 aliphatic rings. The van der Waals surface area contributed by atoms with E-state index in [0.717, 1.165) is 0 Å². The molecular formula is C13H12O. The molecule has 0 unspecified atom stereocenters. The number of ketones is 1. The van der Waals surface area contributed by atoms with Gasteiger partial charge in [0.05, 0.1) is 0 Å². The summed E-state index contributed by atoms with van der Waals surface area (Å²) in [5, 5.41) is 0. The number of benzene rings is 1. The summed E-state index contributed by atoms with van der Waals surface area (Å²) >= 11 is 0. The molecule has 0 N–H and O–H groups in total. The van der Waals surface area contributed by atoms with Crippen molar-refractivity contribution in [2.45, 2.75) is 12.8 Å². The first-order valence-electron chi connectivity index (χ1n) is 4.72. The van der Waals surface area contributed by atoms with Crippen molar-refractivity contribution in [2.75, 3.05) is 0 Å². The Kier molecular flexibility index (Phi) is 2.32. The van der Waals surface area contributed by atoms with Crippen LogP contribution in [-0.2, 0) is 4.79 Å². The highest BCUT2D eigenvalue weighted by Crippen LogP contribution is 2.21. The van der Waals surface area contributed by atoms with Crippen LogP contribution in [0, 0.1) is 6.92 Å². The molecule has 0 atom stereocenters. The third kappa shape index (κ3) is 1.82. The fourth-order valence-electron chi connectivity index (χ4n) is 1.53. The molecule has 0 heterocycles. The molecule has 1 aromatic carbocycles. The summed E-state index contributed by atoms with van der Waals surface area (Å²) in [6.07, 6.45) is 7.13. The third-order valence-corrected chi connectivity index (χ3v) is 2.40. The van der Waals surface area contributed by atoms with Crippen LogP contribution in [0.15, 0.2) is 48.6 Å². The maximum atomic E-state index is 10.9. The van der Waals surface area contributed by atoms with Crippen molar-refractivity contribution in [1.82, 2.24) is 0 Å². The first-order chi connectivity index (χ1) is 6.75. The zero-order valence-corrected chi connectivity index (χ0v) is 8.10. The number of allylic oxidation sites excluding steroid dienone is 4. The molecule has 2 rings (SSSR count). The average Bonchev–Trinajstić information content (AvgIpc) is 2.21. The molecule has 1 aromatic rings. The van der Waals surface area contributed by atoms with E-state index < -0.39 is 0 Å². The van der Waals surface area contributed by atoms with Crippen LogP contribution in [-0.4, -0.2) is 5.78 Å². The second-order valence-corrected chi connectivity index (χ2v) is 3.56. The van der Waals surface area contributed by atoms with Crippen molar-refractivity contribution in [3.8, 4) is 0 Å². The van der Waals surface area contributed by atoms with E-state index in [4.69, 9.17) is 0 Å². The van der Waals surface area contributed by atoms with Gasteiger partial charge in [0, 0.05) is 5.92 Å². The summed E-state index contributed by atoms with van der Waals surface area (Å²) in [6.45, 7) is 2.07. The van der Waals surface area contributed by atoms with Gasteiger partial charge in [0.1, 0.15) is 0 Å². The van der Waals surface area contributed by atoms with Gasteiger partial charge in [-0.1, -0.05) is 42.0 Å². The van der Waals surface area contributed by atoms with E-state index in [9.17, 15) is 4.79 Å². The third-order valence-electron chi connectivity index (χ3n) is 2.40. The quantitative estimate of drug-likeness (QED) is 0.656. The van der Waals surface area contributed by atoms with Crippen LogP contribution in [0.3, 0.4) is 0 Å². The van der Waals surface area contributed by atoms with Gasteiger partial charge in [-0.3, -0.25) is 4.79 Å². The van der Waals surface area contributed by atoms with Gasteiger partial charge >= 0.3 is 0 Å². The van der Waals surface area contributed by atoms with E-state index in [-0.39, 0.29) is 11.7 Å². The minimum atomic E-state index is 0.0772. The summed E-state index contributed by atoms with van der Waals surface area (Å²) in [4.78, 5) is 10.9. The molecule has 1 aliphatic carbocycles. The zero-order valence-electron chi connectivity index (χ0n) is 8.10. The number of carbonyl (C=O) groups is 1. The van der Waals surface area contributed by atoms with E-state index >= 15 is 0 Å². The molecule has 14 heavy (non-hydrogen) atoms. The smallest absolute Gasteiger partial charge is 0.178 e.